The Morgan fingerprint density at radius 3 is 2.03 bits per heavy atom. The van der Waals surface area contributed by atoms with Crippen LogP contribution in [0, 0.1) is 0 Å². The van der Waals surface area contributed by atoms with Gasteiger partial charge in [-0.1, -0.05) is 54.6 Å². The third-order valence-electron chi connectivity index (χ3n) is 4.69. The fourth-order valence-electron chi connectivity index (χ4n) is 3.20. The summed E-state index contributed by atoms with van der Waals surface area (Å²) in [5, 5.41) is 6.38. The molecular weight excluding hydrogens is 428 g/mol. The number of nitrogens with one attached hydrogen (secondary N) is 2. The summed E-state index contributed by atoms with van der Waals surface area (Å²) in [4.78, 5) is 11.4. The first-order valence-electron chi connectivity index (χ1n) is 9.55. The molecule has 31 heavy (non-hydrogen) atoms. The summed E-state index contributed by atoms with van der Waals surface area (Å²) < 4.78 is 28.6. The number of amides is 1. The van der Waals surface area contributed by atoms with Crippen molar-refractivity contribution >= 4 is 38.6 Å². The van der Waals surface area contributed by atoms with E-state index in [0.717, 1.165) is 22.3 Å². The standard InChI is InChI=1S/C24H20N2O3S2/c1-17(27)25-21-11-7-20(8-12-21)23-15-30-16-24(23)26-31(28,29)22-13-9-19(10-14-22)18-5-3-2-4-6-18/h2-16,26H,1H3,(H,25,27). The van der Waals surface area contributed by atoms with Gasteiger partial charge in [-0.2, -0.15) is 0 Å². The van der Waals surface area contributed by atoms with Gasteiger partial charge in [-0.3, -0.25) is 9.52 Å². The van der Waals surface area contributed by atoms with Crippen molar-refractivity contribution in [3.63, 3.8) is 0 Å². The van der Waals surface area contributed by atoms with Crippen molar-refractivity contribution in [3.05, 3.63) is 89.6 Å². The third-order valence-corrected chi connectivity index (χ3v) is 6.82. The zero-order valence-corrected chi connectivity index (χ0v) is 18.3. The van der Waals surface area contributed by atoms with Crippen LogP contribution in [-0.2, 0) is 14.8 Å². The average molecular weight is 449 g/mol. The van der Waals surface area contributed by atoms with Gasteiger partial charge in [0.05, 0.1) is 10.6 Å². The highest BCUT2D eigenvalue weighted by Gasteiger charge is 2.17. The molecule has 0 saturated carbocycles. The van der Waals surface area contributed by atoms with Crippen molar-refractivity contribution in [1.29, 1.82) is 0 Å². The summed E-state index contributed by atoms with van der Waals surface area (Å²) >= 11 is 1.41. The van der Waals surface area contributed by atoms with Crippen molar-refractivity contribution in [2.45, 2.75) is 11.8 Å². The topological polar surface area (TPSA) is 75.3 Å². The molecule has 7 heteroatoms. The molecule has 1 amide bonds. The fourth-order valence-corrected chi connectivity index (χ4v) is 5.13. The van der Waals surface area contributed by atoms with Crippen LogP contribution >= 0.6 is 11.3 Å². The van der Waals surface area contributed by atoms with Crippen LogP contribution in [0.3, 0.4) is 0 Å². The molecule has 0 spiro atoms. The molecule has 156 valence electrons. The van der Waals surface area contributed by atoms with Crippen LogP contribution in [0.2, 0.25) is 0 Å². The molecule has 2 N–H and O–H groups in total. The van der Waals surface area contributed by atoms with Crippen LogP contribution in [0.4, 0.5) is 11.4 Å². The molecule has 0 radical (unpaired) electrons. The molecule has 4 aromatic rings. The van der Waals surface area contributed by atoms with Gasteiger partial charge in [0.15, 0.2) is 0 Å². The number of sulfonamides is 1. The lowest BCUT2D eigenvalue weighted by molar-refractivity contribution is -0.114. The van der Waals surface area contributed by atoms with E-state index >= 15 is 0 Å². The van der Waals surface area contributed by atoms with Crippen LogP contribution in [0.1, 0.15) is 6.92 Å². The number of carbonyl (C=O) groups is 1. The zero-order valence-electron chi connectivity index (χ0n) is 16.7. The Kier molecular flexibility index (Phi) is 5.88. The smallest absolute Gasteiger partial charge is 0.261 e. The summed E-state index contributed by atoms with van der Waals surface area (Å²) in [5.74, 6) is -0.144. The minimum atomic E-state index is -3.74. The molecular formula is C24H20N2O3S2. The predicted molar refractivity (Wildman–Crippen MR) is 127 cm³/mol. The largest absolute Gasteiger partial charge is 0.326 e. The number of benzene rings is 3. The molecule has 0 bridgehead atoms. The first-order chi connectivity index (χ1) is 14.9. The Morgan fingerprint density at radius 2 is 1.39 bits per heavy atom. The van der Waals surface area contributed by atoms with Gasteiger partial charge in [0.2, 0.25) is 5.91 Å². The third kappa shape index (κ3) is 4.84. The first kappa shape index (κ1) is 20.8. The van der Waals surface area contributed by atoms with Crippen LogP contribution < -0.4 is 10.0 Å². The van der Waals surface area contributed by atoms with Crippen LogP contribution in [0.5, 0.6) is 0 Å². The quantitative estimate of drug-likeness (QED) is 0.389. The number of thiophene rings is 1. The number of rotatable bonds is 6. The number of hydrogen-bond acceptors (Lipinski definition) is 4. The van der Waals surface area contributed by atoms with Crippen molar-refractivity contribution < 1.29 is 13.2 Å². The summed E-state index contributed by atoms with van der Waals surface area (Å²) in [7, 11) is -3.74. The Balaban J connectivity index is 1.56. The molecule has 0 atom stereocenters. The highest BCUT2D eigenvalue weighted by Crippen LogP contribution is 2.34. The Bertz CT molecular complexity index is 1300. The molecule has 0 aliphatic rings. The number of carbonyl (C=O) groups excluding carboxylic acids is 1. The van der Waals surface area contributed by atoms with E-state index in [9.17, 15) is 13.2 Å². The second-order valence-electron chi connectivity index (χ2n) is 6.95. The Labute approximate surface area is 185 Å². The molecule has 1 aromatic heterocycles. The average Bonchev–Trinajstić information content (AvgIpc) is 3.22. The van der Waals surface area contributed by atoms with Gasteiger partial charge in [-0.15, -0.1) is 11.3 Å². The van der Waals surface area contributed by atoms with Crippen molar-refractivity contribution in [2.24, 2.45) is 0 Å². The van der Waals surface area contributed by atoms with E-state index in [1.54, 1.807) is 41.8 Å². The second-order valence-corrected chi connectivity index (χ2v) is 9.38. The number of anilines is 2. The molecule has 1 heterocycles. The SMILES string of the molecule is CC(=O)Nc1ccc(-c2cscc2NS(=O)(=O)c2ccc(-c3ccccc3)cc2)cc1. The van der Waals surface area contributed by atoms with Gasteiger partial charge < -0.3 is 5.32 Å². The van der Waals surface area contributed by atoms with Gasteiger partial charge in [-0.05, 0) is 41.0 Å². The van der Waals surface area contributed by atoms with Crippen molar-refractivity contribution in [1.82, 2.24) is 0 Å². The number of hydrogen-bond donors (Lipinski definition) is 2. The summed E-state index contributed by atoms with van der Waals surface area (Å²) in [6, 6.07) is 23.9. The molecule has 0 unspecified atom stereocenters. The monoisotopic (exact) mass is 448 g/mol. The minimum absolute atomic E-state index is 0.144. The van der Waals surface area contributed by atoms with Crippen molar-refractivity contribution in [3.8, 4) is 22.3 Å². The van der Waals surface area contributed by atoms with Crippen molar-refractivity contribution in [2.75, 3.05) is 10.0 Å². The normalized spacial score (nSPS) is 11.1. The Hall–Kier alpha value is -3.42. The maximum atomic E-state index is 13.0. The van der Waals surface area contributed by atoms with Crippen LogP contribution in [0.15, 0.2) is 94.5 Å². The van der Waals surface area contributed by atoms with Crippen LogP contribution in [-0.4, -0.2) is 14.3 Å². The molecule has 4 rings (SSSR count). The second kappa shape index (κ2) is 8.75. The van der Waals surface area contributed by atoms with Crippen LogP contribution in [0.25, 0.3) is 22.3 Å². The van der Waals surface area contributed by atoms with Gasteiger partial charge in [0, 0.05) is 28.9 Å². The summed E-state index contributed by atoms with van der Waals surface area (Å²) in [5.41, 5.74) is 4.82. The molecule has 0 aliphatic heterocycles. The van der Waals surface area contributed by atoms with Gasteiger partial charge in [0.25, 0.3) is 10.0 Å². The van der Waals surface area contributed by atoms with E-state index in [1.165, 1.54) is 18.3 Å². The minimum Gasteiger partial charge on any atom is -0.326 e. The van der Waals surface area contributed by atoms with E-state index in [0.29, 0.717) is 11.4 Å². The lowest BCUT2D eigenvalue weighted by Gasteiger charge is -2.11. The molecule has 0 fully saturated rings. The van der Waals surface area contributed by atoms with Gasteiger partial charge in [-0.25, -0.2) is 8.42 Å². The van der Waals surface area contributed by atoms with E-state index in [4.69, 9.17) is 0 Å². The summed E-state index contributed by atoms with van der Waals surface area (Å²) in [6.45, 7) is 1.45. The highest BCUT2D eigenvalue weighted by molar-refractivity contribution is 7.92. The van der Waals surface area contributed by atoms with E-state index in [-0.39, 0.29) is 10.8 Å². The fraction of sp³-hybridized carbons (Fsp3) is 0.0417. The van der Waals surface area contributed by atoms with E-state index < -0.39 is 10.0 Å². The lowest BCUT2D eigenvalue weighted by atomic mass is 10.1. The molecule has 0 aliphatic carbocycles. The van der Waals surface area contributed by atoms with Gasteiger partial charge >= 0.3 is 0 Å². The van der Waals surface area contributed by atoms with E-state index in [1.807, 2.05) is 47.8 Å². The van der Waals surface area contributed by atoms with E-state index in [2.05, 4.69) is 10.0 Å². The highest BCUT2D eigenvalue weighted by atomic mass is 32.2. The molecule has 3 aromatic carbocycles. The van der Waals surface area contributed by atoms with Gasteiger partial charge in [0.1, 0.15) is 0 Å². The maximum Gasteiger partial charge on any atom is 0.261 e. The first-order valence-corrected chi connectivity index (χ1v) is 12.0. The molecule has 0 saturated heterocycles. The maximum absolute atomic E-state index is 13.0. The lowest BCUT2D eigenvalue weighted by Crippen LogP contribution is -2.12. The summed E-state index contributed by atoms with van der Waals surface area (Å²) in [6.07, 6.45) is 0. The predicted octanol–water partition coefficient (Wildman–Crippen LogP) is 5.84. The Morgan fingerprint density at radius 1 is 0.774 bits per heavy atom. The zero-order chi connectivity index (χ0) is 21.8. The molecule has 5 nitrogen and oxygen atoms in total.